The van der Waals surface area contributed by atoms with Gasteiger partial charge in [-0.05, 0) is 38.3 Å². The first-order chi connectivity index (χ1) is 9.83. The van der Waals surface area contributed by atoms with E-state index in [1.807, 2.05) is 16.9 Å². The summed E-state index contributed by atoms with van der Waals surface area (Å²) in [6, 6.07) is 2.90. The SMILES string of the molecule is O=C(CCn1cccn1)N(CC1CCCCN1)C1CC1. The van der Waals surface area contributed by atoms with Crippen molar-refractivity contribution >= 4 is 5.91 Å². The van der Waals surface area contributed by atoms with Crippen LogP contribution < -0.4 is 5.32 Å². The zero-order valence-corrected chi connectivity index (χ0v) is 12.0. The molecule has 0 radical (unpaired) electrons. The first-order valence-electron chi connectivity index (χ1n) is 7.83. The van der Waals surface area contributed by atoms with Gasteiger partial charge in [-0.1, -0.05) is 6.42 Å². The normalized spacial score (nSPS) is 22.7. The fourth-order valence-corrected chi connectivity index (χ4v) is 2.94. The zero-order valence-electron chi connectivity index (χ0n) is 12.0. The largest absolute Gasteiger partial charge is 0.338 e. The van der Waals surface area contributed by atoms with E-state index in [4.69, 9.17) is 0 Å². The van der Waals surface area contributed by atoms with Crippen molar-refractivity contribution in [2.24, 2.45) is 0 Å². The molecule has 1 saturated carbocycles. The van der Waals surface area contributed by atoms with Crippen LogP contribution in [0.25, 0.3) is 0 Å². The van der Waals surface area contributed by atoms with Gasteiger partial charge in [0.15, 0.2) is 0 Å². The third-order valence-corrected chi connectivity index (χ3v) is 4.25. The van der Waals surface area contributed by atoms with E-state index in [2.05, 4.69) is 15.3 Å². The second-order valence-electron chi connectivity index (χ2n) is 5.94. The van der Waals surface area contributed by atoms with Crippen LogP contribution in [0.2, 0.25) is 0 Å². The summed E-state index contributed by atoms with van der Waals surface area (Å²) in [5, 5.41) is 7.70. The van der Waals surface area contributed by atoms with Crippen LogP contribution >= 0.6 is 0 Å². The van der Waals surface area contributed by atoms with Crippen molar-refractivity contribution in [3.63, 3.8) is 0 Å². The molecule has 2 fully saturated rings. The third-order valence-electron chi connectivity index (χ3n) is 4.25. The lowest BCUT2D eigenvalue weighted by Gasteiger charge is -2.31. The van der Waals surface area contributed by atoms with Crippen LogP contribution in [0.5, 0.6) is 0 Å². The number of hydrogen-bond donors (Lipinski definition) is 1. The number of carbonyl (C=O) groups excluding carboxylic acids is 1. The van der Waals surface area contributed by atoms with Gasteiger partial charge in [-0.15, -0.1) is 0 Å². The average Bonchev–Trinajstić information content (AvgIpc) is 3.19. The van der Waals surface area contributed by atoms with Crippen molar-refractivity contribution in [3.8, 4) is 0 Å². The van der Waals surface area contributed by atoms with E-state index in [0.29, 0.717) is 25.0 Å². The molecule has 0 spiro atoms. The molecule has 1 aliphatic carbocycles. The van der Waals surface area contributed by atoms with Gasteiger partial charge >= 0.3 is 0 Å². The minimum atomic E-state index is 0.287. The highest BCUT2D eigenvalue weighted by atomic mass is 16.2. The summed E-state index contributed by atoms with van der Waals surface area (Å²) in [7, 11) is 0. The van der Waals surface area contributed by atoms with Gasteiger partial charge in [-0.2, -0.15) is 5.10 Å². The van der Waals surface area contributed by atoms with Gasteiger partial charge in [-0.3, -0.25) is 9.48 Å². The quantitative estimate of drug-likeness (QED) is 0.854. The van der Waals surface area contributed by atoms with E-state index >= 15 is 0 Å². The van der Waals surface area contributed by atoms with Crippen molar-refractivity contribution in [3.05, 3.63) is 18.5 Å². The standard InChI is InChI=1S/C15H24N4O/c20-15(7-11-18-10-3-9-17-18)19(14-5-6-14)12-13-4-1-2-8-16-13/h3,9-10,13-14,16H,1-2,4-8,11-12H2. The zero-order chi connectivity index (χ0) is 13.8. The number of piperidine rings is 1. The summed E-state index contributed by atoms with van der Waals surface area (Å²) in [4.78, 5) is 14.6. The van der Waals surface area contributed by atoms with E-state index in [0.717, 1.165) is 13.1 Å². The van der Waals surface area contributed by atoms with Crippen molar-refractivity contribution in [1.82, 2.24) is 20.0 Å². The Labute approximate surface area is 120 Å². The number of hydrogen-bond acceptors (Lipinski definition) is 3. The molecule has 110 valence electrons. The summed E-state index contributed by atoms with van der Waals surface area (Å²) in [6.07, 6.45) is 10.4. The molecule has 5 heteroatoms. The Morgan fingerprint density at radius 1 is 1.35 bits per heavy atom. The lowest BCUT2D eigenvalue weighted by molar-refractivity contribution is -0.132. The van der Waals surface area contributed by atoms with Crippen LogP contribution in [-0.4, -0.2) is 45.8 Å². The molecule has 1 aromatic rings. The monoisotopic (exact) mass is 276 g/mol. The second kappa shape index (κ2) is 6.39. The average molecular weight is 276 g/mol. The summed E-state index contributed by atoms with van der Waals surface area (Å²) in [5.74, 6) is 0.287. The molecule has 1 aromatic heterocycles. The van der Waals surface area contributed by atoms with E-state index in [-0.39, 0.29) is 5.91 Å². The lowest BCUT2D eigenvalue weighted by atomic mass is 10.0. The molecule has 0 aromatic carbocycles. The minimum Gasteiger partial charge on any atom is -0.338 e. The van der Waals surface area contributed by atoms with E-state index in [1.54, 1.807) is 6.20 Å². The van der Waals surface area contributed by atoms with Gasteiger partial charge in [0, 0.05) is 44.0 Å². The van der Waals surface area contributed by atoms with Crippen LogP contribution in [0.15, 0.2) is 18.5 Å². The van der Waals surface area contributed by atoms with Crippen molar-refractivity contribution in [2.45, 2.75) is 57.2 Å². The molecule has 2 aliphatic rings. The van der Waals surface area contributed by atoms with Crippen LogP contribution in [0.4, 0.5) is 0 Å². The summed E-state index contributed by atoms with van der Waals surface area (Å²) >= 11 is 0. The Balaban J connectivity index is 1.51. The summed E-state index contributed by atoms with van der Waals surface area (Å²) < 4.78 is 1.84. The number of aromatic nitrogens is 2. The Bertz CT molecular complexity index is 421. The fraction of sp³-hybridized carbons (Fsp3) is 0.733. The highest BCUT2D eigenvalue weighted by Gasteiger charge is 2.33. The smallest absolute Gasteiger partial charge is 0.224 e. The number of nitrogens with one attached hydrogen (secondary N) is 1. The predicted molar refractivity (Wildman–Crippen MR) is 77.2 cm³/mol. The predicted octanol–water partition coefficient (Wildman–Crippen LogP) is 1.41. The second-order valence-corrected chi connectivity index (χ2v) is 5.94. The molecule has 20 heavy (non-hydrogen) atoms. The number of rotatable bonds is 6. The van der Waals surface area contributed by atoms with Gasteiger partial charge in [0.05, 0.1) is 0 Å². The number of aryl methyl sites for hydroxylation is 1. The third kappa shape index (κ3) is 3.60. The van der Waals surface area contributed by atoms with Gasteiger partial charge in [-0.25, -0.2) is 0 Å². The van der Waals surface area contributed by atoms with Crippen LogP contribution in [0.3, 0.4) is 0 Å². The molecular formula is C15H24N4O. The van der Waals surface area contributed by atoms with Crippen molar-refractivity contribution < 1.29 is 4.79 Å². The highest BCUT2D eigenvalue weighted by molar-refractivity contribution is 5.76. The first kappa shape index (κ1) is 13.6. The van der Waals surface area contributed by atoms with Crippen LogP contribution in [0, 0.1) is 0 Å². The molecule has 1 atom stereocenters. The molecule has 1 amide bonds. The van der Waals surface area contributed by atoms with E-state index < -0.39 is 0 Å². The Hall–Kier alpha value is -1.36. The molecule has 3 rings (SSSR count). The topological polar surface area (TPSA) is 50.2 Å². The highest BCUT2D eigenvalue weighted by Crippen LogP contribution is 2.28. The number of carbonyl (C=O) groups is 1. The molecule has 1 N–H and O–H groups in total. The van der Waals surface area contributed by atoms with Gasteiger partial charge in [0.25, 0.3) is 0 Å². The minimum absolute atomic E-state index is 0.287. The van der Waals surface area contributed by atoms with Crippen molar-refractivity contribution in [1.29, 1.82) is 0 Å². The van der Waals surface area contributed by atoms with Crippen molar-refractivity contribution in [2.75, 3.05) is 13.1 Å². The molecule has 1 aliphatic heterocycles. The maximum Gasteiger partial charge on any atom is 0.224 e. The van der Waals surface area contributed by atoms with Crippen LogP contribution in [-0.2, 0) is 11.3 Å². The van der Waals surface area contributed by atoms with Crippen LogP contribution in [0.1, 0.15) is 38.5 Å². The number of nitrogens with zero attached hydrogens (tertiary/aromatic N) is 3. The van der Waals surface area contributed by atoms with Gasteiger partial charge in [0.2, 0.25) is 5.91 Å². The maximum atomic E-state index is 12.5. The Morgan fingerprint density at radius 3 is 2.90 bits per heavy atom. The molecule has 2 heterocycles. The van der Waals surface area contributed by atoms with Gasteiger partial charge in [0.1, 0.15) is 0 Å². The first-order valence-corrected chi connectivity index (χ1v) is 7.83. The Morgan fingerprint density at radius 2 is 2.25 bits per heavy atom. The Kier molecular flexibility index (Phi) is 4.35. The molecule has 1 saturated heterocycles. The molecule has 5 nitrogen and oxygen atoms in total. The van der Waals surface area contributed by atoms with E-state index in [1.165, 1.54) is 32.1 Å². The fourth-order valence-electron chi connectivity index (χ4n) is 2.94. The summed E-state index contributed by atoms with van der Waals surface area (Å²) in [5.41, 5.74) is 0. The summed E-state index contributed by atoms with van der Waals surface area (Å²) in [6.45, 7) is 2.68. The van der Waals surface area contributed by atoms with Gasteiger partial charge < -0.3 is 10.2 Å². The van der Waals surface area contributed by atoms with E-state index in [9.17, 15) is 4.79 Å². The maximum absolute atomic E-state index is 12.5. The molecular weight excluding hydrogens is 252 g/mol. The lowest BCUT2D eigenvalue weighted by Crippen LogP contribution is -2.46. The number of amides is 1. The molecule has 1 unspecified atom stereocenters. The molecule has 0 bridgehead atoms.